The van der Waals surface area contributed by atoms with Gasteiger partial charge in [0.1, 0.15) is 17.0 Å². The van der Waals surface area contributed by atoms with Crippen molar-refractivity contribution in [3.05, 3.63) is 59.9 Å². The Bertz CT molecular complexity index is 817. The zero-order valence-corrected chi connectivity index (χ0v) is 16.7. The van der Waals surface area contributed by atoms with Crippen molar-refractivity contribution >= 4 is 17.5 Å². The van der Waals surface area contributed by atoms with E-state index in [-0.39, 0.29) is 18.5 Å². The largest absolute Gasteiger partial charge is 0.491 e. The quantitative estimate of drug-likeness (QED) is 0.676. The van der Waals surface area contributed by atoms with E-state index in [1.54, 1.807) is 56.3 Å². The van der Waals surface area contributed by atoms with Gasteiger partial charge in [0.15, 0.2) is 0 Å². The van der Waals surface area contributed by atoms with Gasteiger partial charge in [-0.05, 0) is 70.0 Å². The predicted octanol–water partition coefficient (Wildman–Crippen LogP) is 3.94. The fourth-order valence-corrected chi connectivity index (χ4v) is 2.51. The second kappa shape index (κ2) is 9.35. The van der Waals surface area contributed by atoms with Crippen LogP contribution in [-0.2, 0) is 16.0 Å². The fourth-order valence-electron chi connectivity index (χ4n) is 2.51. The summed E-state index contributed by atoms with van der Waals surface area (Å²) >= 11 is 0. The van der Waals surface area contributed by atoms with Crippen molar-refractivity contribution in [1.82, 2.24) is 5.32 Å². The summed E-state index contributed by atoms with van der Waals surface area (Å²) in [6.07, 6.45) is 0.417. The summed E-state index contributed by atoms with van der Waals surface area (Å²) < 4.78 is 19.2. The first-order valence-electron chi connectivity index (χ1n) is 9.30. The van der Waals surface area contributed by atoms with E-state index >= 15 is 0 Å². The average molecular weight is 386 g/mol. The lowest BCUT2D eigenvalue weighted by atomic mass is 9.91. The van der Waals surface area contributed by atoms with Crippen LogP contribution in [0.4, 0.5) is 10.1 Å². The van der Waals surface area contributed by atoms with E-state index in [1.165, 1.54) is 6.07 Å². The van der Waals surface area contributed by atoms with Gasteiger partial charge < -0.3 is 15.4 Å². The van der Waals surface area contributed by atoms with Crippen LogP contribution in [0.2, 0.25) is 0 Å². The molecule has 2 aromatic rings. The van der Waals surface area contributed by atoms with Gasteiger partial charge in [0.25, 0.3) is 0 Å². The van der Waals surface area contributed by atoms with Crippen LogP contribution in [-0.4, -0.2) is 24.5 Å². The molecule has 0 aromatic heterocycles. The maximum Gasteiger partial charge on any atom is 0.239 e. The first-order chi connectivity index (χ1) is 13.2. The number of hydrogen-bond acceptors (Lipinski definition) is 3. The van der Waals surface area contributed by atoms with E-state index in [1.807, 2.05) is 13.8 Å². The second-order valence-corrected chi connectivity index (χ2v) is 7.37. The Kier molecular flexibility index (Phi) is 7.15. The summed E-state index contributed by atoms with van der Waals surface area (Å²) in [7, 11) is 0. The van der Waals surface area contributed by atoms with Crippen LogP contribution in [0.3, 0.4) is 0 Å². The SMILES string of the molecule is CC(C)Oc1ccc(NC(=O)C(C)(C)C(=O)NCCc2ccccc2F)cc1. The molecule has 2 rings (SSSR count). The van der Waals surface area contributed by atoms with Crippen molar-refractivity contribution in [1.29, 1.82) is 0 Å². The summed E-state index contributed by atoms with van der Waals surface area (Å²) in [5, 5.41) is 5.46. The Morgan fingerprint density at radius 3 is 2.29 bits per heavy atom. The van der Waals surface area contributed by atoms with Crippen molar-refractivity contribution in [3.8, 4) is 5.75 Å². The minimum absolute atomic E-state index is 0.0624. The van der Waals surface area contributed by atoms with Crippen LogP contribution in [0.25, 0.3) is 0 Å². The first kappa shape index (κ1) is 21.4. The van der Waals surface area contributed by atoms with E-state index in [0.29, 0.717) is 23.4 Å². The van der Waals surface area contributed by atoms with Crippen LogP contribution in [0.1, 0.15) is 33.3 Å². The summed E-state index contributed by atoms with van der Waals surface area (Å²) in [5.74, 6) is -0.439. The molecule has 28 heavy (non-hydrogen) atoms. The van der Waals surface area contributed by atoms with Crippen LogP contribution >= 0.6 is 0 Å². The highest BCUT2D eigenvalue weighted by Gasteiger charge is 2.35. The Hall–Kier alpha value is -2.89. The molecular formula is C22H27FN2O3. The zero-order valence-electron chi connectivity index (χ0n) is 16.7. The molecule has 0 atom stereocenters. The van der Waals surface area contributed by atoms with Gasteiger partial charge in [0, 0.05) is 12.2 Å². The Morgan fingerprint density at radius 1 is 1.04 bits per heavy atom. The third-order valence-corrected chi connectivity index (χ3v) is 4.26. The summed E-state index contributed by atoms with van der Waals surface area (Å²) in [6.45, 7) is 7.22. The molecule has 0 aliphatic heterocycles. The number of carbonyl (C=O) groups excluding carboxylic acids is 2. The van der Waals surface area contributed by atoms with E-state index in [4.69, 9.17) is 4.74 Å². The van der Waals surface area contributed by atoms with Gasteiger partial charge in [0.05, 0.1) is 6.10 Å². The van der Waals surface area contributed by atoms with Crippen LogP contribution in [0.15, 0.2) is 48.5 Å². The Balaban J connectivity index is 1.90. The zero-order chi connectivity index (χ0) is 20.7. The maximum absolute atomic E-state index is 13.6. The second-order valence-electron chi connectivity index (χ2n) is 7.37. The van der Waals surface area contributed by atoms with Gasteiger partial charge in [-0.3, -0.25) is 9.59 Å². The highest BCUT2D eigenvalue weighted by Crippen LogP contribution is 2.21. The van der Waals surface area contributed by atoms with Crippen molar-refractivity contribution in [2.75, 3.05) is 11.9 Å². The van der Waals surface area contributed by atoms with E-state index < -0.39 is 17.2 Å². The van der Waals surface area contributed by atoms with Gasteiger partial charge in [-0.1, -0.05) is 18.2 Å². The number of carbonyl (C=O) groups is 2. The molecule has 150 valence electrons. The van der Waals surface area contributed by atoms with E-state index in [9.17, 15) is 14.0 Å². The lowest BCUT2D eigenvalue weighted by Crippen LogP contribution is -2.45. The number of benzene rings is 2. The lowest BCUT2D eigenvalue weighted by molar-refractivity contribution is -0.138. The van der Waals surface area contributed by atoms with Gasteiger partial charge >= 0.3 is 0 Å². The molecule has 0 saturated heterocycles. The number of hydrogen-bond donors (Lipinski definition) is 2. The molecular weight excluding hydrogens is 359 g/mol. The highest BCUT2D eigenvalue weighted by atomic mass is 19.1. The van der Waals surface area contributed by atoms with E-state index in [2.05, 4.69) is 10.6 Å². The monoisotopic (exact) mass is 386 g/mol. The summed E-state index contributed by atoms with van der Waals surface area (Å²) in [6, 6.07) is 13.4. The van der Waals surface area contributed by atoms with Gasteiger partial charge in [-0.2, -0.15) is 0 Å². The van der Waals surface area contributed by atoms with Crippen molar-refractivity contribution in [2.24, 2.45) is 5.41 Å². The molecule has 0 bridgehead atoms. The van der Waals surface area contributed by atoms with Crippen molar-refractivity contribution in [2.45, 2.75) is 40.2 Å². The van der Waals surface area contributed by atoms with Crippen molar-refractivity contribution < 1.29 is 18.7 Å². The minimum atomic E-state index is -1.28. The number of anilines is 1. The number of rotatable bonds is 8. The van der Waals surface area contributed by atoms with Gasteiger partial charge in [-0.15, -0.1) is 0 Å². The summed E-state index contributed by atoms with van der Waals surface area (Å²) in [4.78, 5) is 25.0. The Morgan fingerprint density at radius 2 is 1.68 bits per heavy atom. The molecule has 0 aliphatic carbocycles. The molecule has 5 nitrogen and oxygen atoms in total. The molecule has 2 amide bonds. The number of ether oxygens (including phenoxy) is 1. The highest BCUT2D eigenvalue weighted by molar-refractivity contribution is 6.09. The Labute approximate surface area is 165 Å². The van der Waals surface area contributed by atoms with Gasteiger partial charge in [0.2, 0.25) is 11.8 Å². The third kappa shape index (κ3) is 5.81. The standard InChI is InChI=1S/C22H27FN2O3/c1-15(2)28-18-11-9-17(10-12-18)25-21(27)22(3,4)20(26)24-14-13-16-7-5-6-8-19(16)23/h5-12,15H,13-14H2,1-4H3,(H,24,26)(H,25,27). The van der Waals surface area contributed by atoms with Crippen LogP contribution < -0.4 is 15.4 Å². The summed E-state index contributed by atoms with van der Waals surface area (Å²) in [5.41, 5.74) is -0.176. The minimum Gasteiger partial charge on any atom is -0.491 e. The molecule has 0 heterocycles. The topological polar surface area (TPSA) is 67.4 Å². The molecule has 0 saturated carbocycles. The maximum atomic E-state index is 13.6. The molecule has 0 aliphatic rings. The van der Waals surface area contributed by atoms with Crippen LogP contribution in [0, 0.1) is 11.2 Å². The molecule has 0 fully saturated rings. The number of amides is 2. The van der Waals surface area contributed by atoms with Crippen LogP contribution in [0.5, 0.6) is 5.75 Å². The smallest absolute Gasteiger partial charge is 0.239 e. The molecule has 0 radical (unpaired) electrons. The molecule has 2 aromatic carbocycles. The number of halogens is 1. The molecule has 0 spiro atoms. The fraction of sp³-hybridized carbons (Fsp3) is 0.364. The predicted molar refractivity (Wildman–Crippen MR) is 108 cm³/mol. The molecule has 6 heteroatoms. The first-order valence-corrected chi connectivity index (χ1v) is 9.30. The van der Waals surface area contributed by atoms with Crippen molar-refractivity contribution in [3.63, 3.8) is 0 Å². The average Bonchev–Trinajstić information content (AvgIpc) is 2.64. The molecule has 2 N–H and O–H groups in total. The third-order valence-electron chi connectivity index (χ3n) is 4.26. The van der Waals surface area contributed by atoms with Gasteiger partial charge in [-0.25, -0.2) is 4.39 Å². The number of nitrogens with one attached hydrogen (secondary N) is 2. The normalized spacial score (nSPS) is 11.2. The lowest BCUT2D eigenvalue weighted by Gasteiger charge is -2.23. The van der Waals surface area contributed by atoms with E-state index in [0.717, 1.165) is 0 Å². The molecule has 0 unspecified atom stereocenters.